The lowest BCUT2D eigenvalue weighted by Crippen LogP contribution is -2.50. The standard InChI is InChI=1S/C28H28Cl2N2O2S2/c1-27(2)12-16(32-26(34)24-22(30)18-9-5-7-11-20(18)36-24)13-28(3,14-27)15-31-25(33)23-21(29)17-8-4-6-10-19(17)35-23/h4-11,16H,12-15H2,1-3H3,(H,31,33)(H,32,34). The van der Waals surface area contributed by atoms with E-state index in [1.54, 1.807) is 0 Å². The van der Waals surface area contributed by atoms with E-state index in [2.05, 4.69) is 31.4 Å². The van der Waals surface area contributed by atoms with Crippen molar-refractivity contribution in [1.82, 2.24) is 10.6 Å². The minimum Gasteiger partial charge on any atom is -0.351 e. The lowest BCUT2D eigenvalue weighted by atomic mass is 9.62. The highest BCUT2D eigenvalue weighted by Gasteiger charge is 2.42. The van der Waals surface area contributed by atoms with Crippen LogP contribution in [0.25, 0.3) is 20.2 Å². The second kappa shape index (κ2) is 9.64. The Morgan fingerprint density at radius 1 is 0.861 bits per heavy atom. The minimum absolute atomic E-state index is 0.00882. The molecule has 5 rings (SSSR count). The van der Waals surface area contributed by atoms with Crippen LogP contribution in [0.15, 0.2) is 48.5 Å². The number of fused-ring (bicyclic) bond motifs is 2. The van der Waals surface area contributed by atoms with Crippen LogP contribution >= 0.6 is 45.9 Å². The van der Waals surface area contributed by atoms with Gasteiger partial charge in [0.2, 0.25) is 0 Å². The molecule has 2 aromatic carbocycles. The van der Waals surface area contributed by atoms with Crippen LogP contribution in [0.1, 0.15) is 59.4 Å². The van der Waals surface area contributed by atoms with Gasteiger partial charge in [0, 0.05) is 32.8 Å². The largest absolute Gasteiger partial charge is 0.351 e. The van der Waals surface area contributed by atoms with E-state index in [-0.39, 0.29) is 28.7 Å². The van der Waals surface area contributed by atoms with E-state index >= 15 is 0 Å². The first-order valence-corrected chi connectivity index (χ1v) is 14.4. The van der Waals surface area contributed by atoms with Crippen molar-refractivity contribution in [2.45, 2.75) is 46.1 Å². The zero-order valence-corrected chi connectivity index (χ0v) is 23.6. The van der Waals surface area contributed by atoms with Crippen molar-refractivity contribution in [1.29, 1.82) is 0 Å². The molecule has 4 nitrogen and oxygen atoms in total. The Kier molecular flexibility index (Phi) is 6.83. The number of benzene rings is 2. The average molecular weight is 560 g/mol. The summed E-state index contributed by atoms with van der Waals surface area (Å²) in [7, 11) is 0. The van der Waals surface area contributed by atoms with Gasteiger partial charge in [-0.3, -0.25) is 9.59 Å². The van der Waals surface area contributed by atoms with Crippen molar-refractivity contribution in [3.8, 4) is 0 Å². The van der Waals surface area contributed by atoms with E-state index in [0.29, 0.717) is 26.3 Å². The molecule has 1 fully saturated rings. The van der Waals surface area contributed by atoms with Crippen LogP contribution in [0.4, 0.5) is 0 Å². The highest BCUT2D eigenvalue weighted by Crippen LogP contribution is 2.46. The Bertz CT molecular complexity index is 1480. The predicted octanol–water partition coefficient (Wildman–Crippen LogP) is 8.17. The smallest absolute Gasteiger partial charge is 0.263 e. The van der Waals surface area contributed by atoms with Crippen molar-refractivity contribution < 1.29 is 9.59 Å². The Hall–Kier alpha value is -2.12. The second-order valence-electron chi connectivity index (χ2n) is 10.9. The van der Waals surface area contributed by atoms with Crippen LogP contribution < -0.4 is 10.6 Å². The molecule has 0 saturated heterocycles. The van der Waals surface area contributed by atoms with E-state index in [1.165, 1.54) is 22.7 Å². The molecule has 8 heteroatoms. The summed E-state index contributed by atoms with van der Waals surface area (Å²) < 4.78 is 2.00. The van der Waals surface area contributed by atoms with Crippen LogP contribution in [-0.4, -0.2) is 24.4 Å². The van der Waals surface area contributed by atoms with E-state index in [0.717, 1.165) is 39.4 Å². The number of carbonyl (C=O) groups excluding carboxylic acids is 2. The van der Waals surface area contributed by atoms with Gasteiger partial charge in [-0.2, -0.15) is 0 Å². The van der Waals surface area contributed by atoms with Gasteiger partial charge in [-0.1, -0.05) is 80.4 Å². The minimum atomic E-state index is -0.178. The Morgan fingerprint density at radius 3 is 1.94 bits per heavy atom. The zero-order chi connectivity index (χ0) is 25.7. The summed E-state index contributed by atoms with van der Waals surface area (Å²) in [5.74, 6) is -0.282. The topological polar surface area (TPSA) is 58.2 Å². The maximum absolute atomic E-state index is 13.2. The van der Waals surface area contributed by atoms with Crippen LogP contribution in [-0.2, 0) is 0 Å². The molecule has 1 aliphatic carbocycles. The van der Waals surface area contributed by atoms with Gasteiger partial charge < -0.3 is 10.6 Å². The fourth-order valence-electron chi connectivity index (χ4n) is 5.82. The molecule has 2 N–H and O–H groups in total. The summed E-state index contributed by atoms with van der Waals surface area (Å²) in [6.07, 6.45) is 2.58. The first-order chi connectivity index (χ1) is 17.1. The normalized spacial score (nSPS) is 21.5. The van der Waals surface area contributed by atoms with E-state index in [1.807, 2.05) is 48.5 Å². The molecule has 2 heterocycles. The number of nitrogens with one attached hydrogen (secondary N) is 2. The van der Waals surface area contributed by atoms with E-state index < -0.39 is 0 Å². The summed E-state index contributed by atoms with van der Waals surface area (Å²) >= 11 is 15.9. The van der Waals surface area contributed by atoms with Gasteiger partial charge in [-0.25, -0.2) is 0 Å². The quantitative estimate of drug-likeness (QED) is 0.259. The zero-order valence-electron chi connectivity index (χ0n) is 20.4. The summed E-state index contributed by atoms with van der Waals surface area (Å²) in [6, 6.07) is 15.6. The lowest BCUT2D eigenvalue weighted by molar-refractivity contribution is 0.0594. The maximum Gasteiger partial charge on any atom is 0.263 e. The highest BCUT2D eigenvalue weighted by molar-refractivity contribution is 7.22. The summed E-state index contributed by atoms with van der Waals surface area (Å²) in [5, 5.41) is 9.22. The van der Waals surface area contributed by atoms with Crippen LogP contribution in [0.2, 0.25) is 10.0 Å². The molecule has 1 saturated carbocycles. The van der Waals surface area contributed by atoms with Gasteiger partial charge in [0.1, 0.15) is 9.75 Å². The molecule has 188 valence electrons. The number of hydrogen-bond acceptors (Lipinski definition) is 4. The van der Waals surface area contributed by atoms with E-state index in [4.69, 9.17) is 23.2 Å². The van der Waals surface area contributed by atoms with Crippen molar-refractivity contribution in [3.63, 3.8) is 0 Å². The lowest BCUT2D eigenvalue weighted by Gasteiger charge is -2.47. The third-order valence-corrected chi connectivity index (χ3v) is 10.3. The number of hydrogen-bond donors (Lipinski definition) is 2. The number of thiophene rings is 2. The first-order valence-electron chi connectivity index (χ1n) is 12.0. The molecule has 0 aliphatic heterocycles. The number of rotatable bonds is 5. The highest BCUT2D eigenvalue weighted by atomic mass is 35.5. The van der Waals surface area contributed by atoms with Gasteiger partial charge in [0.25, 0.3) is 11.8 Å². The van der Waals surface area contributed by atoms with Gasteiger partial charge in [0.05, 0.1) is 10.0 Å². The molecular weight excluding hydrogens is 531 g/mol. The molecule has 0 bridgehead atoms. The van der Waals surface area contributed by atoms with Crippen molar-refractivity contribution in [3.05, 3.63) is 68.3 Å². The molecule has 1 aliphatic rings. The summed E-state index contributed by atoms with van der Waals surface area (Å²) in [5.41, 5.74) is -0.169. The Morgan fingerprint density at radius 2 is 1.39 bits per heavy atom. The SMILES string of the molecule is CC1(C)CC(NC(=O)c2sc3ccccc3c2Cl)CC(C)(CNC(=O)c2sc3ccccc3c2Cl)C1. The fourth-order valence-corrected chi connectivity index (χ4v) is 8.67. The number of halogens is 2. The van der Waals surface area contributed by atoms with Crippen LogP contribution in [0, 0.1) is 10.8 Å². The van der Waals surface area contributed by atoms with Crippen molar-refractivity contribution in [2.75, 3.05) is 6.54 Å². The summed E-state index contributed by atoms with van der Waals surface area (Å²) in [4.78, 5) is 27.4. The Labute approximate surface area is 229 Å². The monoisotopic (exact) mass is 558 g/mol. The van der Waals surface area contributed by atoms with E-state index in [9.17, 15) is 9.59 Å². The van der Waals surface area contributed by atoms with Crippen LogP contribution in [0.3, 0.4) is 0 Å². The molecule has 0 radical (unpaired) electrons. The molecule has 2 aromatic heterocycles. The number of carbonyl (C=O) groups is 2. The molecular formula is C28H28Cl2N2O2S2. The molecule has 2 amide bonds. The molecule has 4 aromatic rings. The third kappa shape index (κ3) is 5.01. The maximum atomic E-state index is 13.2. The molecule has 36 heavy (non-hydrogen) atoms. The number of amides is 2. The second-order valence-corrected chi connectivity index (χ2v) is 13.8. The van der Waals surface area contributed by atoms with Gasteiger partial charge in [0.15, 0.2) is 0 Å². The summed E-state index contributed by atoms with van der Waals surface area (Å²) in [6.45, 7) is 7.14. The van der Waals surface area contributed by atoms with Gasteiger partial charge in [-0.05, 0) is 42.2 Å². The van der Waals surface area contributed by atoms with Gasteiger partial charge >= 0.3 is 0 Å². The Balaban J connectivity index is 1.29. The fraction of sp³-hybridized carbons (Fsp3) is 0.357. The molecule has 0 spiro atoms. The van der Waals surface area contributed by atoms with Crippen molar-refractivity contribution >= 4 is 77.9 Å². The predicted molar refractivity (Wildman–Crippen MR) is 153 cm³/mol. The average Bonchev–Trinajstić information content (AvgIpc) is 3.34. The first kappa shape index (κ1) is 25.5. The van der Waals surface area contributed by atoms with Crippen molar-refractivity contribution in [2.24, 2.45) is 10.8 Å². The van der Waals surface area contributed by atoms with Gasteiger partial charge in [-0.15, -0.1) is 22.7 Å². The third-order valence-electron chi connectivity index (χ3n) is 6.94. The van der Waals surface area contributed by atoms with Crippen LogP contribution in [0.5, 0.6) is 0 Å². The molecule has 2 unspecified atom stereocenters. The molecule has 2 atom stereocenters.